The van der Waals surface area contributed by atoms with Gasteiger partial charge in [0.2, 0.25) is 0 Å². The molecule has 0 bridgehead atoms. The molecule has 8 heteroatoms. The Balaban J connectivity index is 1.64. The normalized spacial score (nSPS) is 12.7. The van der Waals surface area contributed by atoms with E-state index in [0.29, 0.717) is 25.2 Å². The fourth-order valence-corrected chi connectivity index (χ4v) is 4.65. The van der Waals surface area contributed by atoms with Crippen LogP contribution >= 0.6 is 0 Å². The highest BCUT2D eigenvalue weighted by Crippen LogP contribution is 2.28. The van der Waals surface area contributed by atoms with Crippen molar-refractivity contribution in [2.75, 3.05) is 13.2 Å². The Hall–Kier alpha value is -3.36. The summed E-state index contributed by atoms with van der Waals surface area (Å²) in [5.74, 6) is 0.903. The Bertz CT molecular complexity index is 1330. The molecule has 0 aliphatic heterocycles. The van der Waals surface area contributed by atoms with Gasteiger partial charge in [0.05, 0.1) is 12.6 Å². The first kappa shape index (κ1) is 24.8. The van der Waals surface area contributed by atoms with Crippen molar-refractivity contribution in [3.05, 3.63) is 87.0 Å². The minimum absolute atomic E-state index is 0.0292. The first-order valence-corrected chi connectivity index (χ1v) is 12.2. The van der Waals surface area contributed by atoms with Crippen LogP contribution in [0, 0.1) is 19.8 Å². The van der Waals surface area contributed by atoms with Gasteiger partial charge >= 0.3 is 0 Å². The molecule has 2 heterocycles. The van der Waals surface area contributed by atoms with Gasteiger partial charge in [0.15, 0.2) is 5.82 Å². The van der Waals surface area contributed by atoms with Gasteiger partial charge in [-0.25, -0.2) is 4.68 Å². The lowest BCUT2D eigenvalue weighted by atomic mass is 10.00. The molecule has 2 aromatic carbocycles. The Kier molecular flexibility index (Phi) is 7.73. The second-order valence-electron chi connectivity index (χ2n) is 9.53. The highest BCUT2D eigenvalue weighted by molar-refractivity contribution is 5.80. The number of hydrogen-bond acceptors (Lipinski definition) is 6. The van der Waals surface area contributed by atoms with E-state index < -0.39 is 0 Å². The monoisotopic (exact) mass is 474 g/mol. The van der Waals surface area contributed by atoms with Gasteiger partial charge in [-0.15, -0.1) is 5.10 Å². The molecular weight excluding hydrogens is 440 g/mol. The van der Waals surface area contributed by atoms with E-state index in [2.05, 4.69) is 64.4 Å². The molecule has 0 spiro atoms. The number of fused-ring (bicyclic) bond motifs is 1. The van der Waals surface area contributed by atoms with Crippen LogP contribution in [-0.4, -0.2) is 48.3 Å². The molecule has 0 radical (unpaired) electrons. The number of pyridine rings is 1. The average molecular weight is 475 g/mol. The summed E-state index contributed by atoms with van der Waals surface area (Å²) in [7, 11) is 0. The Morgan fingerprint density at radius 2 is 1.83 bits per heavy atom. The second kappa shape index (κ2) is 10.9. The van der Waals surface area contributed by atoms with E-state index in [1.807, 2.05) is 41.9 Å². The van der Waals surface area contributed by atoms with E-state index in [1.165, 1.54) is 11.1 Å². The van der Waals surface area contributed by atoms with Crippen LogP contribution < -0.4 is 5.56 Å². The number of benzene rings is 2. The van der Waals surface area contributed by atoms with Crippen LogP contribution in [0.15, 0.2) is 53.3 Å². The SMILES string of the molecule is Cc1cc2cc(CN(CCO)[C@@H](c3nnnn3CCc3ccccc3)C(C)C)c(=O)[nH]c2cc1C. The predicted molar refractivity (Wildman–Crippen MR) is 137 cm³/mol. The molecule has 0 unspecified atom stereocenters. The second-order valence-corrected chi connectivity index (χ2v) is 9.53. The molecule has 0 aliphatic carbocycles. The minimum atomic E-state index is -0.164. The van der Waals surface area contributed by atoms with Gasteiger partial charge < -0.3 is 10.1 Å². The van der Waals surface area contributed by atoms with Crippen molar-refractivity contribution in [3.8, 4) is 0 Å². The summed E-state index contributed by atoms with van der Waals surface area (Å²) in [5.41, 5.74) is 4.92. The average Bonchev–Trinajstić information content (AvgIpc) is 3.28. The third-order valence-electron chi connectivity index (χ3n) is 6.60. The van der Waals surface area contributed by atoms with Crippen molar-refractivity contribution in [3.63, 3.8) is 0 Å². The van der Waals surface area contributed by atoms with Crippen LogP contribution in [0.4, 0.5) is 0 Å². The van der Waals surface area contributed by atoms with Gasteiger partial charge in [-0.05, 0) is 76.9 Å². The molecule has 0 saturated carbocycles. The van der Waals surface area contributed by atoms with E-state index in [0.717, 1.165) is 28.7 Å². The molecule has 2 aromatic heterocycles. The lowest BCUT2D eigenvalue weighted by Gasteiger charge is -2.33. The number of nitrogens with zero attached hydrogens (tertiary/aromatic N) is 5. The largest absolute Gasteiger partial charge is 0.395 e. The fourth-order valence-electron chi connectivity index (χ4n) is 4.65. The number of tetrazole rings is 1. The zero-order valence-corrected chi connectivity index (χ0v) is 20.9. The summed E-state index contributed by atoms with van der Waals surface area (Å²) < 4.78 is 1.85. The number of rotatable bonds is 10. The molecule has 184 valence electrons. The van der Waals surface area contributed by atoms with Crippen LogP contribution in [0.25, 0.3) is 10.9 Å². The van der Waals surface area contributed by atoms with Crippen LogP contribution in [-0.2, 0) is 19.5 Å². The molecule has 0 amide bonds. The molecule has 0 saturated heterocycles. The van der Waals surface area contributed by atoms with E-state index in [1.54, 1.807) is 0 Å². The zero-order chi connectivity index (χ0) is 24.9. The Morgan fingerprint density at radius 3 is 2.54 bits per heavy atom. The van der Waals surface area contributed by atoms with Gasteiger partial charge in [0.1, 0.15) is 0 Å². The number of aryl methyl sites for hydroxylation is 4. The highest BCUT2D eigenvalue weighted by Gasteiger charge is 2.29. The molecule has 1 atom stereocenters. The topological polar surface area (TPSA) is 99.9 Å². The van der Waals surface area contributed by atoms with Crippen molar-refractivity contribution >= 4 is 10.9 Å². The number of hydrogen-bond donors (Lipinski definition) is 2. The number of aromatic amines is 1. The van der Waals surface area contributed by atoms with Crippen LogP contribution in [0.1, 0.15) is 48.0 Å². The summed E-state index contributed by atoms with van der Waals surface area (Å²) >= 11 is 0. The van der Waals surface area contributed by atoms with Crippen LogP contribution in [0.5, 0.6) is 0 Å². The maximum Gasteiger partial charge on any atom is 0.252 e. The summed E-state index contributed by atoms with van der Waals surface area (Å²) in [4.78, 5) is 18.1. The third kappa shape index (κ3) is 5.66. The van der Waals surface area contributed by atoms with Crippen LogP contribution in [0.2, 0.25) is 0 Å². The van der Waals surface area contributed by atoms with Crippen molar-refractivity contribution < 1.29 is 5.11 Å². The van der Waals surface area contributed by atoms with Crippen molar-refractivity contribution in [2.45, 2.75) is 53.2 Å². The van der Waals surface area contributed by atoms with Crippen molar-refractivity contribution in [1.29, 1.82) is 0 Å². The van der Waals surface area contributed by atoms with Gasteiger partial charge in [0.25, 0.3) is 5.56 Å². The van der Waals surface area contributed by atoms with Gasteiger partial charge in [-0.3, -0.25) is 9.69 Å². The fraction of sp³-hybridized carbons (Fsp3) is 0.407. The van der Waals surface area contributed by atoms with E-state index in [4.69, 9.17) is 0 Å². The molecular formula is C27H34N6O2. The predicted octanol–water partition coefficient (Wildman–Crippen LogP) is 3.57. The quantitative estimate of drug-likeness (QED) is 0.365. The summed E-state index contributed by atoms with van der Waals surface area (Å²) in [6.07, 6.45) is 0.812. The summed E-state index contributed by atoms with van der Waals surface area (Å²) in [6.45, 7) is 9.74. The lowest BCUT2D eigenvalue weighted by molar-refractivity contribution is 0.105. The maximum absolute atomic E-state index is 13.0. The zero-order valence-electron chi connectivity index (χ0n) is 20.9. The first-order valence-electron chi connectivity index (χ1n) is 12.2. The van der Waals surface area contributed by atoms with Gasteiger partial charge in [-0.1, -0.05) is 44.2 Å². The summed E-state index contributed by atoms with van der Waals surface area (Å²) in [5, 5.41) is 23.5. The molecule has 4 aromatic rings. The number of aliphatic hydroxyl groups is 1. The molecule has 8 nitrogen and oxygen atoms in total. The number of aromatic nitrogens is 5. The van der Waals surface area contributed by atoms with E-state index in [-0.39, 0.29) is 24.1 Å². The minimum Gasteiger partial charge on any atom is -0.395 e. The first-order chi connectivity index (χ1) is 16.9. The smallest absolute Gasteiger partial charge is 0.252 e. The molecule has 2 N–H and O–H groups in total. The van der Waals surface area contributed by atoms with Gasteiger partial charge in [-0.2, -0.15) is 0 Å². The highest BCUT2D eigenvalue weighted by atomic mass is 16.3. The number of nitrogens with one attached hydrogen (secondary N) is 1. The number of H-pyrrole nitrogens is 1. The molecule has 0 fully saturated rings. The van der Waals surface area contributed by atoms with Crippen LogP contribution in [0.3, 0.4) is 0 Å². The lowest BCUT2D eigenvalue weighted by Crippen LogP contribution is -2.37. The van der Waals surface area contributed by atoms with Crippen molar-refractivity contribution in [2.24, 2.45) is 5.92 Å². The Morgan fingerprint density at radius 1 is 1.09 bits per heavy atom. The third-order valence-corrected chi connectivity index (χ3v) is 6.60. The van der Waals surface area contributed by atoms with E-state index >= 15 is 0 Å². The molecule has 4 rings (SSSR count). The molecule has 35 heavy (non-hydrogen) atoms. The molecule has 0 aliphatic rings. The van der Waals surface area contributed by atoms with E-state index in [9.17, 15) is 9.90 Å². The Labute approximate surface area is 205 Å². The summed E-state index contributed by atoms with van der Waals surface area (Å²) in [6, 6.07) is 16.2. The standard InChI is InChI=1S/C27H34N6O2/c1-18(2)25(26-29-30-31-33(26)11-10-21-8-6-5-7-9-21)32(12-13-34)17-23-16-22-14-19(3)20(4)15-24(22)28-27(23)35/h5-9,14-16,18,25,34H,10-13,17H2,1-4H3,(H,28,35)/t25-/m1/s1. The maximum atomic E-state index is 13.0. The number of aliphatic hydroxyl groups excluding tert-OH is 1. The van der Waals surface area contributed by atoms with Crippen molar-refractivity contribution in [1.82, 2.24) is 30.1 Å². The van der Waals surface area contributed by atoms with Gasteiger partial charge in [0, 0.05) is 30.7 Å².